The molecule has 0 fully saturated rings. The SMILES string of the molecule is Clc1cccc2c1c(Cl)nn1nnnc21. The first-order chi connectivity index (χ1) is 7.27. The highest BCUT2D eigenvalue weighted by molar-refractivity contribution is 6.42. The van der Waals surface area contributed by atoms with Gasteiger partial charge in [-0.15, -0.1) is 14.8 Å². The van der Waals surface area contributed by atoms with Gasteiger partial charge in [-0.3, -0.25) is 0 Å². The van der Waals surface area contributed by atoms with Crippen LogP contribution in [0.5, 0.6) is 0 Å². The van der Waals surface area contributed by atoms with Gasteiger partial charge in [0, 0.05) is 10.8 Å². The molecule has 0 aliphatic carbocycles. The topological polar surface area (TPSA) is 56.0 Å². The summed E-state index contributed by atoms with van der Waals surface area (Å²) < 4.78 is 1.28. The first-order valence-corrected chi connectivity index (χ1v) is 4.85. The summed E-state index contributed by atoms with van der Waals surface area (Å²) in [6.07, 6.45) is 0. The minimum Gasteiger partial charge on any atom is -0.134 e. The van der Waals surface area contributed by atoms with E-state index in [-0.39, 0.29) is 5.15 Å². The molecule has 0 bridgehead atoms. The van der Waals surface area contributed by atoms with E-state index in [0.29, 0.717) is 16.1 Å². The summed E-state index contributed by atoms with van der Waals surface area (Å²) in [5.74, 6) is 0. The maximum atomic E-state index is 6.03. The maximum absolute atomic E-state index is 6.03. The molecule has 0 amide bonds. The van der Waals surface area contributed by atoms with Crippen LogP contribution < -0.4 is 0 Å². The monoisotopic (exact) mass is 239 g/mol. The normalized spacial score (nSPS) is 11.3. The molecule has 3 aromatic rings. The van der Waals surface area contributed by atoms with Gasteiger partial charge in [0.25, 0.3) is 0 Å². The van der Waals surface area contributed by atoms with Crippen LogP contribution >= 0.6 is 23.2 Å². The van der Waals surface area contributed by atoms with Crippen LogP contribution in [0.2, 0.25) is 10.2 Å². The van der Waals surface area contributed by atoms with Crippen molar-refractivity contribution in [2.24, 2.45) is 0 Å². The largest absolute Gasteiger partial charge is 0.207 e. The lowest BCUT2D eigenvalue weighted by atomic mass is 10.2. The van der Waals surface area contributed by atoms with E-state index in [0.717, 1.165) is 5.39 Å². The van der Waals surface area contributed by atoms with Crippen LogP contribution in [-0.2, 0) is 0 Å². The van der Waals surface area contributed by atoms with Gasteiger partial charge in [-0.25, -0.2) is 0 Å². The third kappa shape index (κ3) is 1.17. The number of benzene rings is 1. The Morgan fingerprint density at radius 2 is 2.07 bits per heavy atom. The quantitative estimate of drug-likeness (QED) is 0.602. The molecular formula is C8H3Cl2N5. The molecule has 0 saturated carbocycles. The minimum absolute atomic E-state index is 0.287. The van der Waals surface area contributed by atoms with Gasteiger partial charge in [-0.05, 0) is 16.5 Å². The van der Waals surface area contributed by atoms with E-state index in [2.05, 4.69) is 20.6 Å². The van der Waals surface area contributed by atoms with Gasteiger partial charge in [0.05, 0.1) is 5.02 Å². The lowest BCUT2D eigenvalue weighted by Gasteiger charge is -2.01. The molecule has 0 aliphatic rings. The fourth-order valence-electron chi connectivity index (χ4n) is 1.46. The number of halogens is 2. The van der Waals surface area contributed by atoms with Crippen LogP contribution in [0.25, 0.3) is 16.4 Å². The van der Waals surface area contributed by atoms with Crippen LogP contribution in [0.1, 0.15) is 0 Å². The number of fused-ring (bicyclic) bond motifs is 3. The summed E-state index contributed by atoms with van der Waals surface area (Å²) >= 11 is 12.0. The maximum Gasteiger partial charge on any atom is 0.207 e. The number of tetrazole rings is 1. The second-order valence-electron chi connectivity index (χ2n) is 2.95. The molecule has 2 heterocycles. The van der Waals surface area contributed by atoms with Crippen LogP contribution in [-0.4, -0.2) is 25.3 Å². The van der Waals surface area contributed by atoms with Gasteiger partial charge in [0.1, 0.15) is 0 Å². The Labute approximate surface area is 93.6 Å². The van der Waals surface area contributed by atoms with Crippen molar-refractivity contribution >= 4 is 39.6 Å². The van der Waals surface area contributed by atoms with Crippen molar-refractivity contribution in [2.75, 3.05) is 0 Å². The summed E-state index contributed by atoms with van der Waals surface area (Å²) in [7, 11) is 0. The van der Waals surface area contributed by atoms with Gasteiger partial charge >= 0.3 is 0 Å². The van der Waals surface area contributed by atoms with E-state index in [1.165, 1.54) is 4.63 Å². The Morgan fingerprint density at radius 1 is 1.20 bits per heavy atom. The number of nitrogens with zero attached hydrogens (tertiary/aromatic N) is 5. The van der Waals surface area contributed by atoms with E-state index in [1.807, 2.05) is 12.1 Å². The summed E-state index contributed by atoms with van der Waals surface area (Å²) in [4.78, 5) is 0. The van der Waals surface area contributed by atoms with Crippen LogP contribution in [0.15, 0.2) is 18.2 Å². The molecule has 0 unspecified atom stereocenters. The number of rotatable bonds is 0. The standard InChI is InChI=1S/C8H3Cl2N5/c9-5-3-1-2-4-6(5)7(10)12-15-8(4)11-13-14-15/h1-3H. The molecule has 0 radical (unpaired) electrons. The van der Waals surface area contributed by atoms with Crippen molar-refractivity contribution in [3.63, 3.8) is 0 Å². The van der Waals surface area contributed by atoms with Gasteiger partial charge in [-0.1, -0.05) is 35.3 Å². The van der Waals surface area contributed by atoms with E-state index in [1.54, 1.807) is 6.07 Å². The summed E-state index contributed by atoms with van der Waals surface area (Å²) in [6.45, 7) is 0. The fourth-order valence-corrected chi connectivity index (χ4v) is 2.05. The van der Waals surface area contributed by atoms with Crippen molar-refractivity contribution in [2.45, 2.75) is 0 Å². The molecule has 7 heteroatoms. The highest BCUT2D eigenvalue weighted by Gasteiger charge is 2.11. The number of aromatic nitrogens is 5. The molecular weight excluding hydrogens is 237 g/mol. The fraction of sp³-hybridized carbons (Fsp3) is 0. The molecule has 0 spiro atoms. The molecule has 0 N–H and O–H groups in total. The molecule has 0 saturated heterocycles. The average Bonchev–Trinajstić information content (AvgIpc) is 2.65. The molecule has 0 atom stereocenters. The van der Waals surface area contributed by atoms with E-state index in [9.17, 15) is 0 Å². The zero-order valence-corrected chi connectivity index (χ0v) is 8.74. The highest BCUT2D eigenvalue weighted by atomic mass is 35.5. The van der Waals surface area contributed by atoms with Crippen molar-refractivity contribution in [1.29, 1.82) is 0 Å². The highest BCUT2D eigenvalue weighted by Crippen LogP contribution is 2.29. The van der Waals surface area contributed by atoms with Crippen molar-refractivity contribution in [3.05, 3.63) is 28.4 Å². The summed E-state index contributed by atoms with van der Waals surface area (Å²) in [6, 6.07) is 5.41. The molecule has 2 aromatic heterocycles. The van der Waals surface area contributed by atoms with Gasteiger partial charge < -0.3 is 0 Å². The van der Waals surface area contributed by atoms with Gasteiger partial charge in [-0.2, -0.15) is 0 Å². The number of hydrogen-bond donors (Lipinski definition) is 0. The van der Waals surface area contributed by atoms with Crippen molar-refractivity contribution < 1.29 is 0 Å². The third-order valence-corrected chi connectivity index (χ3v) is 2.68. The first-order valence-electron chi connectivity index (χ1n) is 4.09. The molecule has 15 heavy (non-hydrogen) atoms. The molecule has 3 rings (SSSR count). The second-order valence-corrected chi connectivity index (χ2v) is 3.71. The Morgan fingerprint density at radius 3 is 2.93 bits per heavy atom. The second kappa shape index (κ2) is 3.01. The zero-order chi connectivity index (χ0) is 10.4. The molecule has 1 aromatic carbocycles. The van der Waals surface area contributed by atoms with Crippen LogP contribution in [0, 0.1) is 0 Å². The molecule has 74 valence electrons. The third-order valence-electron chi connectivity index (χ3n) is 2.10. The Balaban J connectivity index is 2.67. The van der Waals surface area contributed by atoms with Gasteiger partial charge in [0.15, 0.2) is 5.15 Å². The predicted molar refractivity (Wildman–Crippen MR) is 56.1 cm³/mol. The van der Waals surface area contributed by atoms with Crippen molar-refractivity contribution in [1.82, 2.24) is 25.3 Å². The van der Waals surface area contributed by atoms with Gasteiger partial charge in [0.2, 0.25) is 5.65 Å². The van der Waals surface area contributed by atoms with Crippen LogP contribution in [0.4, 0.5) is 0 Å². The summed E-state index contributed by atoms with van der Waals surface area (Å²) in [5, 5.41) is 17.3. The molecule has 0 aliphatic heterocycles. The number of hydrogen-bond acceptors (Lipinski definition) is 4. The van der Waals surface area contributed by atoms with E-state index >= 15 is 0 Å². The average molecular weight is 240 g/mol. The zero-order valence-electron chi connectivity index (χ0n) is 7.22. The minimum atomic E-state index is 0.287. The Hall–Kier alpha value is -1.46. The first kappa shape index (κ1) is 8.82. The summed E-state index contributed by atoms with van der Waals surface area (Å²) in [5.41, 5.74) is 0.539. The Bertz CT molecular complexity index is 662. The Kier molecular flexibility index (Phi) is 1.77. The predicted octanol–water partition coefficient (Wildman–Crippen LogP) is 1.98. The smallest absolute Gasteiger partial charge is 0.134 e. The lowest BCUT2D eigenvalue weighted by Crippen LogP contribution is -1.96. The lowest BCUT2D eigenvalue weighted by molar-refractivity contribution is 0.736. The van der Waals surface area contributed by atoms with Crippen molar-refractivity contribution in [3.8, 4) is 0 Å². The van der Waals surface area contributed by atoms with E-state index in [4.69, 9.17) is 23.2 Å². The molecule has 5 nitrogen and oxygen atoms in total. The van der Waals surface area contributed by atoms with Crippen LogP contribution in [0.3, 0.4) is 0 Å². The van der Waals surface area contributed by atoms with E-state index < -0.39 is 0 Å².